The highest BCUT2D eigenvalue weighted by Gasteiger charge is 2.17. The molecule has 1 amide bonds. The van der Waals surface area contributed by atoms with Crippen molar-refractivity contribution in [2.45, 2.75) is 6.54 Å². The highest BCUT2D eigenvalue weighted by molar-refractivity contribution is 8.23. The predicted molar refractivity (Wildman–Crippen MR) is 92.4 cm³/mol. The van der Waals surface area contributed by atoms with Crippen LogP contribution in [0.15, 0.2) is 30.3 Å². The average Bonchev–Trinajstić information content (AvgIpc) is 2.52. The maximum atomic E-state index is 11.8. The van der Waals surface area contributed by atoms with Crippen molar-refractivity contribution in [1.82, 2.24) is 15.1 Å². The molecule has 0 saturated carbocycles. The fourth-order valence-electron chi connectivity index (χ4n) is 2.06. The van der Waals surface area contributed by atoms with Gasteiger partial charge >= 0.3 is 0 Å². The monoisotopic (exact) mass is 323 g/mol. The molecule has 21 heavy (non-hydrogen) atoms. The molecule has 1 aliphatic rings. The van der Waals surface area contributed by atoms with Crippen LogP contribution < -0.4 is 5.32 Å². The summed E-state index contributed by atoms with van der Waals surface area (Å²) in [6.07, 6.45) is 0. The summed E-state index contributed by atoms with van der Waals surface area (Å²) in [6.45, 7) is 4.53. The van der Waals surface area contributed by atoms with E-state index in [0.717, 1.165) is 36.1 Å². The van der Waals surface area contributed by atoms with Crippen LogP contribution in [0, 0.1) is 0 Å². The Hall–Kier alpha value is -1.11. The van der Waals surface area contributed by atoms with Crippen LogP contribution >= 0.6 is 24.0 Å². The molecular weight excluding hydrogens is 302 g/mol. The molecule has 1 saturated heterocycles. The first-order valence-corrected chi connectivity index (χ1v) is 8.45. The lowest BCUT2D eigenvalue weighted by atomic mass is 10.2. The summed E-state index contributed by atoms with van der Waals surface area (Å²) >= 11 is 6.85. The van der Waals surface area contributed by atoms with E-state index >= 15 is 0 Å². The van der Waals surface area contributed by atoms with Gasteiger partial charge in [-0.1, -0.05) is 54.3 Å². The van der Waals surface area contributed by atoms with Gasteiger partial charge < -0.3 is 15.1 Å². The maximum absolute atomic E-state index is 11.8. The molecule has 1 fully saturated rings. The first-order valence-electron chi connectivity index (χ1n) is 7.06. The molecule has 1 aromatic rings. The SMILES string of the molecule is CN1CCN(C(=S)SCC(=O)NCc2ccccc2)CC1. The Balaban J connectivity index is 1.65. The minimum atomic E-state index is 0.0281. The Morgan fingerprint density at radius 3 is 2.57 bits per heavy atom. The molecule has 4 nitrogen and oxygen atoms in total. The van der Waals surface area contributed by atoms with Crippen LogP contribution in [-0.4, -0.2) is 59.0 Å². The van der Waals surface area contributed by atoms with Crippen LogP contribution in [0.2, 0.25) is 0 Å². The van der Waals surface area contributed by atoms with Crippen molar-refractivity contribution < 1.29 is 4.79 Å². The van der Waals surface area contributed by atoms with Crippen molar-refractivity contribution in [2.24, 2.45) is 0 Å². The first-order chi connectivity index (χ1) is 10.1. The van der Waals surface area contributed by atoms with Gasteiger partial charge in [-0.05, 0) is 12.6 Å². The molecule has 0 spiro atoms. The third-order valence-corrected chi connectivity index (χ3v) is 4.94. The van der Waals surface area contributed by atoms with Crippen molar-refractivity contribution in [3.8, 4) is 0 Å². The van der Waals surface area contributed by atoms with Gasteiger partial charge in [0.05, 0.1) is 5.75 Å². The molecular formula is C15H21N3OS2. The van der Waals surface area contributed by atoms with Gasteiger partial charge in [0.15, 0.2) is 0 Å². The Morgan fingerprint density at radius 2 is 1.90 bits per heavy atom. The van der Waals surface area contributed by atoms with E-state index < -0.39 is 0 Å². The standard InChI is InChI=1S/C15H21N3OS2/c1-17-7-9-18(10-8-17)15(20)21-12-14(19)16-11-13-5-3-2-4-6-13/h2-6H,7-12H2,1H3,(H,16,19). The van der Waals surface area contributed by atoms with Crippen LogP contribution in [0.4, 0.5) is 0 Å². The molecule has 2 rings (SSSR count). The van der Waals surface area contributed by atoms with E-state index in [0.29, 0.717) is 12.3 Å². The lowest BCUT2D eigenvalue weighted by Crippen LogP contribution is -2.46. The molecule has 1 N–H and O–H groups in total. The number of carbonyl (C=O) groups is 1. The second kappa shape index (κ2) is 8.36. The highest BCUT2D eigenvalue weighted by Crippen LogP contribution is 2.11. The molecule has 0 bridgehead atoms. The molecule has 0 aliphatic carbocycles. The zero-order valence-corrected chi connectivity index (χ0v) is 13.9. The number of rotatable bonds is 4. The third-order valence-electron chi connectivity index (χ3n) is 3.42. The summed E-state index contributed by atoms with van der Waals surface area (Å²) in [4.78, 5) is 16.3. The Morgan fingerprint density at radius 1 is 1.24 bits per heavy atom. The van der Waals surface area contributed by atoms with Gasteiger partial charge in [-0.25, -0.2) is 0 Å². The molecule has 6 heteroatoms. The number of hydrogen-bond acceptors (Lipinski definition) is 4. The minimum Gasteiger partial charge on any atom is -0.355 e. The molecule has 1 heterocycles. The Kier molecular flexibility index (Phi) is 6.48. The van der Waals surface area contributed by atoms with Gasteiger partial charge in [0.2, 0.25) is 5.91 Å². The van der Waals surface area contributed by atoms with E-state index in [1.165, 1.54) is 11.8 Å². The molecule has 0 radical (unpaired) electrons. The quantitative estimate of drug-likeness (QED) is 0.851. The van der Waals surface area contributed by atoms with E-state index in [4.69, 9.17) is 12.2 Å². The van der Waals surface area contributed by atoms with Crippen LogP contribution in [0.3, 0.4) is 0 Å². The first kappa shape index (κ1) is 16.3. The molecule has 0 unspecified atom stereocenters. The number of nitrogens with zero attached hydrogens (tertiary/aromatic N) is 2. The third kappa shape index (κ3) is 5.65. The fraction of sp³-hybridized carbons (Fsp3) is 0.467. The number of benzene rings is 1. The summed E-state index contributed by atoms with van der Waals surface area (Å²) in [7, 11) is 2.12. The van der Waals surface area contributed by atoms with Gasteiger partial charge in [0, 0.05) is 32.7 Å². The summed E-state index contributed by atoms with van der Waals surface area (Å²) in [5.41, 5.74) is 1.11. The summed E-state index contributed by atoms with van der Waals surface area (Å²) < 4.78 is 0.831. The van der Waals surface area contributed by atoms with Crippen LogP contribution in [-0.2, 0) is 11.3 Å². The van der Waals surface area contributed by atoms with E-state index in [2.05, 4.69) is 22.2 Å². The van der Waals surface area contributed by atoms with E-state index in [1.807, 2.05) is 30.3 Å². The summed E-state index contributed by atoms with van der Waals surface area (Å²) in [6, 6.07) is 9.91. The van der Waals surface area contributed by atoms with Gasteiger partial charge in [-0.3, -0.25) is 4.79 Å². The van der Waals surface area contributed by atoms with Crippen molar-refractivity contribution in [2.75, 3.05) is 39.0 Å². The molecule has 1 aromatic carbocycles. The van der Waals surface area contributed by atoms with Crippen molar-refractivity contribution in [3.05, 3.63) is 35.9 Å². The van der Waals surface area contributed by atoms with E-state index in [9.17, 15) is 4.79 Å². The Labute approximate surface area is 135 Å². The number of amides is 1. The van der Waals surface area contributed by atoms with Gasteiger partial charge in [-0.2, -0.15) is 0 Å². The number of piperazine rings is 1. The summed E-state index contributed by atoms with van der Waals surface area (Å²) in [5.74, 6) is 0.415. The van der Waals surface area contributed by atoms with Gasteiger partial charge in [0.25, 0.3) is 0 Å². The number of nitrogens with one attached hydrogen (secondary N) is 1. The van der Waals surface area contributed by atoms with Crippen molar-refractivity contribution >= 4 is 34.2 Å². The molecule has 114 valence electrons. The second-order valence-electron chi connectivity index (χ2n) is 5.11. The number of likely N-dealkylation sites (N-methyl/N-ethyl adjacent to an activating group) is 1. The topological polar surface area (TPSA) is 35.6 Å². The lowest BCUT2D eigenvalue weighted by Gasteiger charge is -2.33. The second-order valence-corrected chi connectivity index (χ2v) is 6.72. The zero-order valence-electron chi connectivity index (χ0n) is 12.2. The predicted octanol–water partition coefficient (Wildman–Crippen LogP) is 1.57. The summed E-state index contributed by atoms with van der Waals surface area (Å²) in [5, 5.41) is 2.92. The molecule has 1 aliphatic heterocycles. The normalized spacial score (nSPS) is 15.8. The number of carbonyl (C=O) groups excluding carboxylic acids is 1. The number of hydrogen-bond donors (Lipinski definition) is 1. The van der Waals surface area contributed by atoms with Crippen LogP contribution in [0.1, 0.15) is 5.56 Å². The Bertz CT molecular complexity index is 473. The van der Waals surface area contributed by atoms with Crippen molar-refractivity contribution in [1.29, 1.82) is 0 Å². The number of thiocarbonyl (C=S) groups is 1. The highest BCUT2D eigenvalue weighted by atomic mass is 32.2. The fourth-order valence-corrected chi connectivity index (χ4v) is 3.14. The van der Waals surface area contributed by atoms with E-state index in [-0.39, 0.29) is 5.91 Å². The van der Waals surface area contributed by atoms with E-state index in [1.54, 1.807) is 0 Å². The number of thioether (sulfide) groups is 1. The minimum absolute atomic E-state index is 0.0281. The molecule has 0 aromatic heterocycles. The van der Waals surface area contributed by atoms with Gasteiger partial charge in [-0.15, -0.1) is 0 Å². The van der Waals surface area contributed by atoms with Crippen LogP contribution in [0.25, 0.3) is 0 Å². The van der Waals surface area contributed by atoms with Gasteiger partial charge in [0.1, 0.15) is 4.32 Å². The smallest absolute Gasteiger partial charge is 0.230 e. The zero-order chi connectivity index (χ0) is 15.1. The maximum Gasteiger partial charge on any atom is 0.230 e. The average molecular weight is 323 g/mol. The lowest BCUT2D eigenvalue weighted by molar-refractivity contribution is -0.118. The van der Waals surface area contributed by atoms with Crippen LogP contribution in [0.5, 0.6) is 0 Å². The van der Waals surface area contributed by atoms with Crippen molar-refractivity contribution in [3.63, 3.8) is 0 Å². The molecule has 0 atom stereocenters. The largest absolute Gasteiger partial charge is 0.355 e.